The first-order valence-corrected chi connectivity index (χ1v) is 7.83. The van der Waals surface area contributed by atoms with Crippen LogP contribution >= 0.6 is 0 Å². The zero-order chi connectivity index (χ0) is 12.5. The third kappa shape index (κ3) is 2.99. The van der Waals surface area contributed by atoms with E-state index in [9.17, 15) is 8.42 Å². The first-order valence-electron chi connectivity index (χ1n) is 6.28. The van der Waals surface area contributed by atoms with Crippen LogP contribution in [0.3, 0.4) is 0 Å². The molecule has 1 aliphatic carbocycles. The molecule has 3 N–H and O–H groups in total. The summed E-state index contributed by atoms with van der Waals surface area (Å²) in [5, 5.41) is -0.416. The third-order valence-electron chi connectivity index (χ3n) is 3.84. The fourth-order valence-electron chi connectivity index (χ4n) is 2.38. The molecular weight excluding hydrogens is 240 g/mol. The molecule has 0 amide bonds. The van der Waals surface area contributed by atoms with E-state index in [0.717, 1.165) is 19.3 Å². The maximum absolute atomic E-state index is 12.2. The molecular formula is C11H22N2O3S. The first-order chi connectivity index (χ1) is 7.98. The second-order valence-corrected chi connectivity index (χ2v) is 7.34. The van der Waals surface area contributed by atoms with E-state index in [1.807, 2.05) is 6.92 Å². The molecule has 1 saturated heterocycles. The maximum Gasteiger partial charge on any atom is 0.217 e. The van der Waals surface area contributed by atoms with Crippen molar-refractivity contribution in [2.45, 2.75) is 43.4 Å². The lowest BCUT2D eigenvalue weighted by atomic mass is 9.98. The van der Waals surface area contributed by atoms with Gasteiger partial charge in [0.1, 0.15) is 0 Å². The van der Waals surface area contributed by atoms with Gasteiger partial charge < -0.3 is 10.5 Å². The van der Waals surface area contributed by atoms with Crippen molar-refractivity contribution in [3.8, 4) is 0 Å². The average molecular weight is 262 g/mol. The Hall–Kier alpha value is -0.170. The van der Waals surface area contributed by atoms with E-state index in [1.54, 1.807) is 0 Å². The van der Waals surface area contributed by atoms with Crippen LogP contribution in [0.15, 0.2) is 0 Å². The number of sulfonamides is 1. The van der Waals surface area contributed by atoms with Crippen LogP contribution in [0.1, 0.15) is 32.6 Å². The minimum atomic E-state index is -3.31. The second kappa shape index (κ2) is 4.84. The van der Waals surface area contributed by atoms with Crippen LogP contribution in [0, 0.1) is 5.92 Å². The Labute approximate surface area is 103 Å². The van der Waals surface area contributed by atoms with Crippen molar-refractivity contribution in [2.75, 3.05) is 19.8 Å². The molecule has 0 aromatic rings. The molecule has 1 saturated carbocycles. The predicted molar refractivity (Wildman–Crippen MR) is 66.1 cm³/mol. The number of nitrogens with two attached hydrogens (primary N) is 1. The van der Waals surface area contributed by atoms with Crippen LogP contribution in [0.25, 0.3) is 0 Å². The summed E-state index contributed by atoms with van der Waals surface area (Å²) >= 11 is 0. The molecule has 0 bridgehead atoms. The minimum absolute atomic E-state index is 0.306. The van der Waals surface area contributed by atoms with E-state index in [0.29, 0.717) is 32.1 Å². The average Bonchev–Trinajstić information content (AvgIpc) is 3.14. The molecule has 2 aliphatic rings. The Morgan fingerprint density at radius 2 is 2.12 bits per heavy atom. The third-order valence-corrected chi connectivity index (χ3v) is 5.84. The molecule has 0 aromatic heterocycles. The zero-order valence-corrected chi connectivity index (χ0v) is 11.1. The summed E-state index contributed by atoms with van der Waals surface area (Å²) < 4.78 is 32.6. The van der Waals surface area contributed by atoms with Gasteiger partial charge >= 0.3 is 0 Å². The summed E-state index contributed by atoms with van der Waals surface area (Å²) in [5.74, 6) is 0.395. The lowest BCUT2D eigenvalue weighted by molar-refractivity contribution is 0.0984. The van der Waals surface area contributed by atoms with Gasteiger partial charge in [-0.2, -0.15) is 0 Å². The fraction of sp³-hybridized carbons (Fsp3) is 1.00. The van der Waals surface area contributed by atoms with Crippen LogP contribution in [-0.2, 0) is 14.8 Å². The largest absolute Gasteiger partial charge is 0.380 e. The molecule has 0 spiro atoms. The van der Waals surface area contributed by atoms with Crippen LogP contribution in [0.5, 0.6) is 0 Å². The lowest BCUT2D eigenvalue weighted by Crippen LogP contribution is -2.56. The van der Waals surface area contributed by atoms with Crippen molar-refractivity contribution in [3.05, 3.63) is 0 Å². The molecule has 6 heteroatoms. The van der Waals surface area contributed by atoms with Gasteiger partial charge in [0.15, 0.2) is 0 Å². The van der Waals surface area contributed by atoms with Crippen LogP contribution < -0.4 is 10.5 Å². The monoisotopic (exact) mass is 262 g/mol. The Morgan fingerprint density at radius 3 is 2.59 bits per heavy atom. The van der Waals surface area contributed by atoms with Crippen molar-refractivity contribution >= 4 is 10.0 Å². The molecule has 0 radical (unpaired) electrons. The van der Waals surface area contributed by atoms with Crippen LogP contribution in [0.2, 0.25) is 0 Å². The highest BCUT2D eigenvalue weighted by atomic mass is 32.2. The summed E-state index contributed by atoms with van der Waals surface area (Å²) in [7, 11) is -3.31. The highest BCUT2D eigenvalue weighted by Gasteiger charge is 2.44. The number of hydrogen-bond donors (Lipinski definition) is 2. The number of nitrogens with one attached hydrogen (secondary N) is 1. The van der Waals surface area contributed by atoms with E-state index in [1.165, 1.54) is 0 Å². The van der Waals surface area contributed by atoms with Crippen LogP contribution in [0.4, 0.5) is 0 Å². The Morgan fingerprint density at radius 1 is 1.41 bits per heavy atom. The minimum Gasteiger partial charge on any atom is -0.380 e. The van der Waals surface area contributed by atoms with Gasteiger partial charge in [0.05, 0.1) is 11.9 Å². The van der Waals surface area contributed by atoms with Gasteiger partial charge in [0, 0.05) is 18.7 Å². The molecule has 1 heterocycles. The number of ether oxygens (including phenoxy) is 1. The smallest absolute Gasteiger partial charge is 0.217 e. The maximum atomic E-state index is 12.2. The van der Waals surface area contributed by atoms with E-state index in [-0.39, 0.29) is 0 Å². The fourth-order valence-corrected chi connectivity index (χ4v) is 4.20. The van der Waals surface area contributed by atoms with Crippen molar-refractivity contribution < 1.29 is 13.2 Å². The summed E-state index contributed by atoms with van der Waals surface area (Å²) in [4.78, 5) is 0. The van der Waals surface area contributed by atoms with E-state index in [2.05, 4.69) is 4.72 Å². The van der Waals surface area contributed by atoms with Gasteiger partial charge in [0.25, 0.3) is 0 Å². The summed E-state index contributed by atoms with van der Waals surface area (Å²) in [5.41, 5.74) is 5.25. The summed E-state index contributed by atoms with van der Waals surface area (Å²) in [6, 6.07) is 0. The number of rotatable bonds is 5. The topological polar surface area (TPSA) is 81.4 Å². The van der Waals surface area contributed by atoms with E-state index < -0.39 is 20.8 Å². The highest BCUT2D eigenvalue weighted by molar-refractivity contribution is 7.90. The van der Waals surface area contributed by atoms with Crippen molar-refractivity contribution in [1.82, 2.24) is 4.72 Å². The van der Waals surface area contributed by atoms with Gasteiger partial charge in [-0.05, 0) is 38.5 Å². The Balaban J connectivity index is 2.04. The number of hydrogen-bond acceptors (Lipinski definition) is 4. The summed E-state index contributed by atoms with van der Waals surface area (Å²) in [6.07, 6.45) is 3.63. The van der Waals surface area contributed by atoms with Crippen molar-refractivity contribution in [1.29, 1.82) is 0 Å². The van der Waals surface area contributed by atoms with Crippen LogP contribution in [-0.4, -0.2) is 39.0 Å². The molecule has 0 aromatic carbocycles. The SMILES string of the molecule is CC(CN)(NS(=O)(=O)C1CCCOC1)C1CC1. The first kappa shape index (κ1) is 13.3. The Kier molecular flexibility index (Phi) is 3.77. The zero-order valence-electron chi connectivity index (χ0n) is 10.3. The Bertz CT molecular complexity index is 361. The highest BCUT2D eigenvalue weighted by Crippen LogP contribution is 2.39. The van der Waals surface area contributed by atoms with Gasteiger partial charge in [-0.15, -0.1) is 0 Å². The van der Waals surface area contributed by atoms with E-state index in [4.69, 9.17) is 10.5 Å². The standard InChI is InChI=1S/C11H22N2O3S/c1-11(8-12,9-4-5-9)13-17(14,15)10-3-2-6-16-7-10/h9-10,13H,2-8,12H2,1H3. The lowest BCUT2D eigenvalue weighted by Gasteiger charge is -2.32. The molecule has 5 nitrogen and oxygen atoms in total. The van der Waals surface area contributed by atoms with Crippen molar-refractivity contribution in [3.63, 3.8) is 0 Å². The molecule has 2 rings (SSSR count). The normalized spacial score (nSPS) is 29.9. The molecule has 2 unspecified atom stereocenters. The van der Waals surface area contributed by atoms with Gasteiger partial charge in [-0.3, -0.25) is 0 Å². The van der Waals surface area contributed by atoms with Gasteiger partial charge in [-0.25, -0.2) is 13.1 Å². The summed E-state index contributed by atoms with van der Waals surface area (Å²) in [6.45, 7) is 3.24. The van der Waals surface area contributed by atoms with Gasteiger partial charge in [-0.1, -0.05) is 0 Å². The molecule has 17 heavy (non-hydrogen) atoms. The van der Waals surface area contributed by atoms with Gasteiger partial charge in [0.2, 0.25) is 10.0 Å². The predicted octanol–water partition coefficient (Wildman–Crippen LogP) is 0.212. The molecule has 2 atom stereocenters. The molecule has 2 fully saturated rings. The molecule has 100 valence electrons. The molecule has 1 aliphatic heterocycles. The van der Waals surface area contributed by atoms with Crippen molar-refractivity contribution in [2.24, 2.45) is 11.7 Å². The van der Waals surface area contributed by atoms with E-state index >= 15 is 0 Å². The second-order valence-electron chi connectivity index (χ2n) is 5.38. The quantitative estimate of drug-likeness (QED) is 0.742.